The fraction of sp³-hybridized carbons (Fsp3) is 0.440. The molecule has 0 fully saturated rings. The average Bonchev–Trinajstić information content (AvgIpc) is 3.37. The van der Waals surface area contributed by atoms with Crippen molar-refractivity contribution in [2.45, 2.75) is 55.5 Å². The number of amides is 1. The average molecular weight is 685 g/mol. The number of nitrogens with one attached hydrogen (secondary N) is 1. The summed E-state index contributed by atoms with van der Waals surface area (Å²) >= 11 is 7.13. The molecule has 2 aromatic rings. The third kappa shape index (κ3) is 7.53. The van der Waals surface area contributed by atoms with Crippen LogP contribution in [0.25, 0.3) is 0 Å². The minimum atomic E-state index is -5.51. The zero-order valence-corrected chi connectivity index (χ0v) is 24.4. The number of hydrogen-bond acceptors (Lipinski definition) is 6. The van der Waals surface area contributed by atoms with Crippen molar-refractivity contribution in [3.05, 3.63) is 69.2 Å². The molecule has 2 atom stereocenters. The van der Waals surface area contributed by atoms with Crippen molar-refractivity contribution in [3.8, 4) is 0 Å². The van der Waals surface area contributed by atoms with E-state index in [4.69, 9.17) is 11.6 Å². The maximum absolute atomic E-state index is 14.3. The lowest BCUT2D eigenvalue weighted by Crippen LogP contribution is -2.43. The summed E-state index contributed by atoms with van der Waals surface area (Å²) in [5.74, 6) is -0.763. The van der Waals surface area contributed by atoms with E-state index in [1.54, 1.807) is 6.92 Å². The maximum atomic E-state index is 14.3. The molecule has 0 aliphatic carbocycles. The van der Waals surface area contributed by atoms with Gasteiger partial charge in [0.05, 0.1) is 16.8 Å². The van der Waals surface area contributed by atoms with Gasteiger partial charge >= 0.3 is 18.5 Å². The summed E-state index contributed by atoms with van der Waals surface area (Å²) in [7, 11) is -3.75. The third-order valence-corrected chi connectivity index (χ3v) is 10.5. The van der Waals surface area contributed by atoms with Crippen LogP contribution in [-0.4, -0.2) is 42.3 Å². The van der Waals surface area contributed by atoms with Crippen LogP contribution in [0.3, 0.4) is 0 Å². The fourth-order valence-electron chi connectivity index (χ4n) is 4.03. The van der Waals surface area contributed by atoms with E-state index in [0.717, 1.165) is 17.8 Å². The van der Waals surface area contributed by atoms with Gasteiger partial charge in [0, 0.05) is 34.9 Å². The van der Waals surface area contributed by atoms with Gasteiger partial charge in [-0.3, -0.25) is 4.79 Å². The Morgan fingerprint density at radius 2 is 1.60 bits per heavy atom. The standard InChI is InChI=1S/C25H22ClF9N2O4S2/c1-3-42-21(43(39,40)4-2)20(38)36-12-14-6-5-13(7-18(14)26)19-11-22(41-37-19,25(33,34)35)15-8-16(23(27,28)29)10-17(9-15)24(30,31)32/h5-10,21H,3-4,11-12H2,1-2H3,(H,36,38). The highest BCUT2D eigenvalue weighted by Gasteiger charge is 2.63. The third-order valence-electron chi connectivity index (χ3n) is 6.34. The Hall–Kier alpha value is -2.66. The summed E-state index contributed by atoms with van der Waals surface area (Å²) in [4.78, 5) is 17.1. The number of hydrogen-bond donors (Lipinski definition) is 1. The molecular weight excluding hydrogens is 663 g/mol. The van der Waals surface area contributed by atoms with E-state index in [2.05, 4.69) is 15.3 Å². The van der Waals surface area contributed by atoms with Gasteiger partial charge in [-0.25, -0.2) is 8.42 Å². The number of oxime groups is 1. The van der Waals surface area contributed by atoms with Crippen molar-refractivity contribution in [2.75, 3.05) is 11.5 Å². The Kier molecular flexibility index (Phi) is 10.0. The van der Waals surface area contributed by atoms with E-state index in [1.165, 1.54) is 19.1 Å². The van der Waals surface area contributed by atoms with Gasteiger partial charge in [0.1, 0.15) is 0 Å². The number of alkyl halides is 9. The molecule has 3 rings (SSSR count). The number of carbonyl (C=O) groups is 1. The molecule has 0 saturated heterocycles. The normalized spacial score (nSPS) is 18.7. The zero-order valence-electron chi connectivity index (χ0n) is 22.0. The molecule has 2 unspecified atom stereocenters. The van der Waals surface area contributed by atoms with E-state index in [1.807, 2.05) is 0 Å². The lowest BCUT2D eigenvalue weighted by molar-refractivity contribution is -0.276. The molecule has 1 aliphatic rings. The van der Waals surface area contributed by atoms with Gasteiger partial charge in [-0.2, -0.15) is 39.5 Å². The molecule has 0 saturated carbocycles. The van der Waals surface area contributed by atoms with E-state index in [9.17, 15) is 52.7 Å². The number of thioether (sulfide) groups is 1. The lowest BCUT2D eigenvalue weighted by atomic mass is 9.84. The van der Waals surface area contributed by atoms with Gasteiger partial charge in [0.25, 0.3) is 5.60 Å². The van der Waals surface area contributed by atoms with Crippen LogP contribution >= 0.6 is 23.4 Å². The molecular formula is C25H22ClF9N2O4S2. The Morgan fingerprint density at radius 3 is 2.07 bits per heavy atom. The number of sulfone groups is 1. The van der Waals surface area contributed by atoms with Crippen LogP contribution in [-0.2, 0) is 44.0 Å². The molecule has 0 spiro atoms. The van der Waals surface area contributed by atoms with Crippen LogP contribution in [0, 0.1) is 0 Å². The monoisotopic (exact) mass is 684 g/mol. The summed E-state index contributed by atoms with van der Waals surface area (Å²) < 4.78 is 146. The van der Waals surface area contributed by atoms with Crippen molar-refractivity contribution in [1.82, 2.24) is 5.32 Å². The van der Waals surface area contributed by atoms with E-state index < -0.39 is 73.3 Å². The maximum Gasteiger partial charge on any atom is 0.435 e. The first kappa shape index (κ1) is 34.8. The highest BCUT2D eigenvalue weighted by atomic mass is 35.5. The molecule has 0 aromatic heterocycles. The van der Waals surface area contributed by atoms with Crippen molar-refractivity contribution >= 4 is 44.8 Å². The predicted molar refractivity (Wildman–Crippen MR) is 141 cm³/mol. The first-order valence-corrected chi connectivity index (χ1v) is 15.3. The predicted octanol–water partition coefficient (Wildman–Crippen LogP) is 7.09. The lowest BCUT2D eigenvalue weighted by Gasteiger charge is -2.30. The minimum absolute atomic E-state index is 0.0667. The van der Waals surface area contributed by atoms with E-state index in [0.29, 0.717) is 5.75 Å². The smallest absolute Gasteiger partial charge is 0.374 e. The molecule has 43 heavy (non-hydrogen) atoms. The number of carbonyl (C=O) groups excluding carboxylic acids is 1. The number of benzene rings is 2. The Morgan fingerprint density at radius 1 is 1.02 bits per heavy atom. The minimum Gasteiger partial charge on any atom is -0.374 e. The van der Waals surface area contributed by atoms with Gasteiger partial charge in [0.15, 0.2) is 14.4 Å². The molecule has 1 aliphatic heterocycles. The van der Waals surface area contributed by atoms with Crippen LogP contribution in [0.4, 0.5) is 39.5 Å². The van der Waals surface area contributed by atoms with Crippen molar-refractivity contribution in [1.29, 1.82) is 0 Å². The number of rotatable bonds is 9. The van der Waals surface area contributed by atoms with Crippen LogP contribution in [0.1, 0.15) is 48.1 Å². The topological polar surface area (TPSA) is 84.8 Å². The molecule has 1 amide bonds. The largest absolute Gasteiger partial charge is 0.435 e. The molecule has 1 heterocycles. The molecule has 0 bridgehead atoms. The van der Waals surface area contributed by atoms with Crippen molar-refractivity contribution < 1.29 is 57.6 Å². The van der Waals surface area contributed by atoms with Crippen molar-refractivity contribution in [3.63, 3.8) is 0 Å². The van der Waals surface area contributed by atoms with Gasteiger partial charge in [-0.1, -0.05) is 42.7 Å². The summed E-state index contributed by atoms with van der Waals surface area (Å²) in [6.45, 7) is 2.78. The summed E-state index contributed by atoms with van der Waals surface area (Å²) in [6.07, 6.45) is -17.6. The quantitative estimate of drug-likeness (QED) is 0.285. The Balaban J connectivity index is 1.92. The van der Waals surface area contributed by atoms with Crippen LogP contribution in [0.2, 0.25) is 5.02 Å². The van der Waals surface area contributed by atoms with Gasteiger partial charge < -0.3 is 10.2 Å². The molecule has 1 N–H and O–H groups in total. The molecule has 6 nitrogen and oxygen atoms in total. The molecule has 18 heteroatoms. The van der Waals surface area contributed by atoms with E-state index in [-0.39, 0.29) is 46.6 Å². The number of halogens is 10. The second-order valence-electron chi connectivity index (χ2n) is 9.19. The summed E-state index contributed by atoms with van der Waals surface area (Å²) in [5.41, 5.74) is -9.40. The zero-order chi connectivity index (χ0) is 32.6. The van der Waals surface area contributed by atoms with Crippen molar-refractivity contribution in [2.24, 2.45) is 5.16 Å². The molecule has 238 valence electrons. The number of nitrogens with zero attached hydrogens (tertiary/aromatic N) is 1. The Bertz CT molecular complexity index is 1480. The second-order valence-corrected chi connectivity index (χ2v) is 13.7. The second kappa shape index (κ2) is 12.4. The first-order chi connectivity index (χ1) is 19.7. The van der Waals surface area contributed by atoms with Crippen LogP contribution < -0.4 is 5.32 Å². The fourth-order valence-corrected chi connectivity index (χ4v) is 7.17. The Labute approximate surface area is 248 Å². The van der Waals surface area contributed by atoms with Gasteiger partial charge in [0.2, 0.25) is 5.91 Å². The summed E-state index contributed by atoms with van der Waals surface area (Å²) in [5, 5.41) is 5.67. The highest BCUT2D eigenvalue weighted by Crippen LogP contribution is 2.51. The molecule has 0 radical (unpaired) electrons. The highest BCUT2D eigenvalue weighted by molar-refractivity contribution is 8.14. The van der Waals surface area contributed by atoms with Crippen LogP contribution in [0.5, 0.6) is 0 Å². The molecule has 2 aromatic carbocycles. The van der Waals surface area contributed by atoms with Gasteiger partial charge in [-0.15, -0.1) is 11.8 Å². The van der Waals surface area contributed by atoms with Gasteiger partial charge in [-0.05, 0) is 35.6 Å². The van der Waals surface area contributed by atoms with Crippen LogP contribution in [0.15, 0.2) is 41.6 Å². The summed E-state index contributed by atoms with van der Waals surface area (Å²) in [6, 6.07) is 3.16. The SMILES string of the molecule is CCSC(C(=O)NCc1ccc(C2=NOC(c3cc(C(F)(F)F)cc(C(F)(F)F)c3)(C(F)(F)F)C2)cc1Cl)S(=O)(=O)CC. The van der Waals surface area contributed by atoms with E-state index >= 15 is 0 Å². The first-order valence-electron chi connectivity index (χ1n) is 12.2.